The summed E-state index contributed by atoms with van der Waals surface area (Å²) >= 11 is 0. The average Bonchev–Trinajstić information content (AvgIpc) is 2.83. The number of nitrogens with zero attached hydrogens (tertiary/aromatic N) is 2. The molecule has 20 heavy (non-hydrogen) atoms. The zero-order valence-corrected chi connectivity index (χ0v) is 13.9. The third-order valence-corrected chi connectivity index (χ3v) is 3.08. The van der Waals surface area contributed by atoms with Crippen LogP contribution in [0.5, 0.6) is 5.75 Å². The van der Waals surface area contributed by atoms with E-state index >= 15 is 0 Å². The fourth-order valence-corrected chi connectivity index (χ4v) is 2.11. The molecule has 0 aliphatic carbocycles. The zero-order valence-electron chi connectivity index (χ0n) is 11.5. The Hall–Kier alpha value is -1.56. The quantitative estimate of drug-likeness (QED) is 0.633. The van der Waals surface area contributed by atoms with E-state index < -0.39 is 0 Å². The number of imidazole rings is 1. The second-order valence-electron chi connectivity index (χ2n) is 4.55. The number of aromatic nitrogens is 2. The second kappa shape index (κ2) is 6.26. The number of benzene rings is 1. The first-order valence-electron chi connectivity index (χ1n) is 6.45. The minimum Gasteiger partial charge on any atom is -0.494 e. The first-order valence-corrected chi connectivity index (χ1v) is 6.45. The van der Waals surface area contributed by atoms with Gasteiger partial charge in [-0.25, -0.2) is 4.98 Å². The van der Waals surface area contributed by atoms with Crippen molar-refractivity contribution in [2.75, 3.05) is 6.61 Å². The predicted octanol–water partition coefficient (Wildman–Crippen LogP) is 4.33. The van der Waals surface area contributed by atoms with Gasteiger partial charge in [-0.05, 0) is 55.8 Å². The summed E-state index contributed by atoms with van der Waals surface area (Å²) in [7, 11) is 0. The van der Waals surface area contributed by atoms with Crippen LogP contribution in [0.1, 0.15) is 12.5 Å². The minimum atomic E-state index is 0. The van der Waals surface area contributed by atoms with Gasteiger partial charge in [0, 0.05) is 18.0 Å². The topological polar surface area (TPSA) is 26.5 Å². The summed E-state index contributed by atoms with van der Waals surface area (Å²) in [5.41, 5.74) is 4.28. The van der Waals surface area contributed by atoms with Crippen LogP contribution in [-0.2, 0) is 0 Å². The van der Waals surface area contributed by atoms with Crippen LogP contribution in [0.2, 0.25) is 0 Å². The molecule has 3 aromatic rings. The Morgan fingerprint density at radius 3 is 2.60 bits per heavy atom. The number of rotatable bonds is 3. The molecule has 0 spiro atoms. The summed E-state index contributed by atoms with van der Waals surface area (Å²) in [4.78, 5) is 4.64. The number of halogens is 1. The number of hydrogen-bond acceptors (Lipinski definition) is 2. The molecule has 4 heteroatoms. The van der Waals surface area contributed by atoms with Crippen LogP contribution in [0.15, 0.2) is 48.8 Å². The van der Waals surface area contributed by atoms with Crippen LogP contribution in [0.4, 0.5) is 0 Å². The Morgan fingerprint density at radius 1 is 1.15 bits per heavy atom. The maximum absolute atomic E-state index is 5.45. The smallest absolute Gasteiger partial charge is 0.137 e. The van der Waals surface area contributed by atoms with Gasteiger partial charge in [0.25, 0.3) is 0 Å². The maximum Gasteiger partial charge on any atom is 0.137 e. The van der Waals surface area contributed by atoms with E-state index in [1.165, 1.54) is 5.56 Å². The van der Waals surface area contributed by atoms with E-state index in [4.69, 9.17) is 4.74 Å². The highest BCUT2D eigenvalue weighted by Crippen LogP contribution is 2.22. The van der Waals surface area contributed by atoms with Crippen molar-refractivity contribution in [2.24, 2.45) is 0 Å². The van der Waals surface area contributed by atoms with Gasteiger partial charge in [-0.1, -0.05) is 0 Å². The third-order valence-electron chi connectivity index (χ3n) is 3.08. The van der Waals surface area contributed by atoms with Crippen LogP contribution in [0.25, 0.3) is 16.9 Å². The molecule has 0 aliphatic rings. The van der Waals surface area contributed by atoms with E-state index in [0.29, 0.717) is 6.61 Å². The molecule has 0 atom stereocenters. The monoisotopic (exact) mass is 380 g/mol. The molecule has 0 unspecified atom stereocenters. The van der Waals surface area contributed by atoms with E-state index in [2.05, 4.69) is 24.0 Å². The van der Waals surface area contributed by atoms with Crippen molar-refractivity contribution < 1.29 is 4.74 Å². The van der Waals surface area contributed by atoms with Gasteiger partial charge < -0.3 is 9.14 Å². The van der Waals surface area contributed by atoms with E-state index in [0.717, 1.165) is 22.7 Å². The normalized spacial score (nSPS) is 10.3. The van der Waals surface area contributed by atoms with Gasteiger partial charge in [0.05, 0.1) is 12.3 Å². The summed E-state index contributed by atoms with van der Waals surface area (Å²) in [5, 5.41) is 0. The fourth-order valence-electron chi connectivity index (χ4n) is 2.11. The van der Waals surface area contributed by atoms with Crippen LogP contribution < -0.4 is 4.74 Å². The van der Waals surface area contributed by atoms with Crippen molar-refractivity contribution >= 4 is 29.6 Å². The Bertz CT molecular complexity index is 704. The van der Waals surface area contributed by atoms with Crippen LogP contribution in [-0.4, -0.2) is 16.0 Å². The molecule has 0 amide bonds. The number of aryl methyl sites for hydroxylation is 1. The lowest BCUT2D eigenvalue weighted by atomic mass is 10.2. The van der Waals surface area contributed by atoms with Gasteiger partial charge in [-0.2, -0.15) is 0 Å². The fraction of sp³-hybridized carbons (Fsp3) is 0.188. The second-order valence-corrected chi connectivity index (χ2v) is 4.55. The van der Waals surface area contributed by atoms with E-state index in [1.807, 2.05) is 48.0 Å². The maximum atomic E-state index is 5.45. The lowest BCUT2D eigenvalue weighted by molar-refractivity contribution is 0.340. The molecule has 3 nitrogen and oxygen atoms in total. The number of ether oxygens (including phenoxy) is 1. The van der Waals surface area contributed by atoms with Crippen molar-refractivity contribution in [2.45, 2.75) is 13.8 Å². The van der Waals surface area contributed by atoms with Gasteiger partial charge in [0.1, 0.15) is 11.4 Å². The van der Waals surface area contributed by atoms with Crippen molar-refractivity contribution in [3.63, 3.8) is 0 Å². The van der Waals surface area contributed by atoms with Crippen molar-refractivity contribution in [1.82, 2.24) is 9.38 Å². The van der Waals surface area contributed by atoms with Gasteiger partial charge in [-0.3, -0.25) is 0 Å². The average molecular weight is 380 g/mol. The summed E-state index contributed by atoms with van der Waals surface area (Å²) < 4.78 is 7.49. The Morgan fingerprint density at radius 2 is 1.90 bits per heavy atom. The SMILES string of the molecule is CCOc1ccc(-c2cn3ccc(C)cc3n2)cc1.I. The first-order chi connectivity index (χ1) is 9.26. The molecule has 0 fully saturated rings. The lowest BCUT2D eigenvalue weighted by Gasteiger charge is -2.02. The largest absolute Gasteiger partial charge is 0.494 e. The summed E-state index contributed by atoms with van der Waals surface area (Å²) in [5.74, 6) is 0.894. The minimum absolute atomic E-state index is 0. The molecule has 0 bridgehead atoms. The molecule has 0 saturated heterocycles. The summed E-state index contributed by atoms with van der Waals surface area (Å²) in [6, 6.07) is 12.2. The molecule has 0 saturated carbocycles. The molecule has 3 rings (SSSR count). The van der Waals surface area contributed by atoms with Crippen molar-refractivity contribution in [3.8, 4) is 17.0 Å². The van der Waals surface area contributed by atoms with Crippen LogP contribution in [0, 0.1) is 6.92 Å². The van der Waals surface area contributed by atoms with E-state index in [9.17, 15) is 0 Å². The lowest BCUT2D eigenvalue weighted by Crippen LogP contribution is -1.90. The molecule has 2 heterocycles. The number of hydrogen-bond donors (Lipinski definition) is 0. The Kier molecular flexibility index (Phi) is 4.65. The summed E-state index contributed by atoms with van der Waals surface area (Å²) in [6.07, 6.45) is 4.08. The number of fused-ring (bicyclic) bond motifs is 1. The molecular weight excluding hydrogens is 363 g/mol. The molecule has 0 aliphatic heterocycles. The highest BCUT2D eigenvalue weighted by atomic mass is 127. The number of pyridine rings is 1. The van der Waals surface area contributed by atoms with Gasteiger partial charge >= 0.3 is 0 Å². The summed E-state index contributed by atoms with van der Waals surface area (Å²) in [6.45, 7) is 4.75. The molecule has 1 aromatic carbocycles. The molecule has 0 N–H and O–H groups in total. The van der Waals surface area contributed by atoms with Crippen molar-refractivity contribution in [3.05, 3.63) is 54.4 Å². The zero-order chi connectivity index (χ0) is 13.2. The van der Waals surface area contributed by atoms with Crippen LogP contribution >= 0.6 is 24.0 Å². The van der Waals surface area contributed by atoms with Gasteiger partial charge in [0.15, 0.2) is 0 Å². The van der Waals surface area contributed by atoms with Crippen molar-refractivity contribution in [1.29, 1.82) is 0 Å². The Labute approximate surface area is 135 Å². The van der Waals surface area contributed by atoms with E-state index in [1.54, 1.807) is 0 Å². The standard InChI is InChI=1S/C16H16N2O.HI/c1-3-19-14-6-4-13(5-7-14)15-11-18-9-8-12(2)10-16(18)17-15;/h4-11H,3H2,1-2H3;1H. The predicted molar refractivity (Wildman–Crippen MR) is 91.9 cm³/mol. The van der Waals surface area contributed by atoms with Crippen LogP contribution in [0.3, 0.4) is 0 Å². The molecular formula is C16H17IN2O. The van der Waals surface area contributed by atoms with E-state index in [-0.39, 0.29) is 24.0 Å². The van der Waals surface area contributed by atoms with Gasteiger partial charge in [0.2, 0.25) is 0 Å². The highest BCUT2D eigenvalue weighted by Gasteiger charge is 2.04. The molecule has 0 radical (unpaired) electrons. The third kappa shape index (κ3) is 2.95. The molecule has 2 aromatic heterocycles. The molecule has 104 valence electrons. The Balaban J connectivity index is 0.00000147. The van der Waals surface area contributed by atoms with Gasteiger partial charge in [-0.15, -0.1) is 24.0 Å². The first kappa shape index (κ1) is 14.8. The highest BCUT2D eigenvalue weighted by molar-refractivity contribution is 14.0.